The van der Waals surface area contributed by atoms with Gasteiger partial charge in [-0.1, -0.05) is 22.0 Å². The minimum atomic E-state index is 0.746. The first-order valence-electron chi connectivity index (χ1n) is 7.43. The molecule has 4 rings (SSSR count). The zero-order valence-electron chi connectivity index (χ0n) is 12.9. The Balaban J connectivity index is 1.76. The maximum atomic E-state index is 6.03. The Morgan fingerprint density at radius 3 is 2.61 bits per heavy atom. The zero-order chi connectivity index (χ0) is 16.0. The molecule has 0 aliphatic carbocycles. The predicted molar refractivity (Wildman–Crippen MR) is 96.4 cm³/mol. The van der Waals surface area contributed by atoms with Crippen molar-refractivity contribution < 1.29 is 4.42 Å². The van der Waals surface area contributed by atoms with E-state index in [1.807, 2.05) is 24.3 Å². The lowest BCUT2D eigenvalue weighted by molar-refractivity contribution is 0.593. The van der Waals surface area contributed by atoms with Crippen LogP contribution < -0.4 is 0 Å². The number of benzene rings is 2. The van der Waals surface area contributed by atoms with Crippen LogP contribution >= 0.6 is 15.9 Å². The first kappa shape index (κ1) is 14.3. The lowest BCUT2D eigenvalue weighted by Crippen LogP contribution is -1.81. The van der Waals surface area contributed by atoms with Crippen LogP contribution in [0.15, 0.2) is 57.4 Å². The molecule has 114 valence electrons. The fourth-order valence-corrected chi connectivity index (χ4v) is 3.23. The van der Waals surface area contributed by atoms with E-state index in [-0.39, 0.29) is 0 Å². The second kappa shape index (κ2) is 5.39. The Kier molecular flexibility index (Phi) is 3.34. The average molecular weight is 367 g/mol. The molecule has 23 heavy (non-hydrogen) atoms. The third-order valence-electron chi connectivity index (χ3n) is 3.93. The molecule has 0 spiro atoms. The summed E-state index contributed by atoms with van der Waals surface area (Å²) in [4.78, 5) is 7.94. The van der Waals surface area contributed by atoms with Crippen LogP contribution in [-0.4, -0.2) is 9.97 Å². The summed E-state index contributed by atoms with van der Waals surface area (Å²) in [7, 11) is 0. The summed E-state index contributed by atoms with van der Waals surface area (Å²) in [6, 6.07) is 16.3. The van der Waals surface area contributed by atoms with Crippen molar-refractivity contribution in [1.82, 2.24) is 9.97 Å². The number of hydrogen-bond acceptors (Lipinski definition) is 2. The van der Waals surface area contributed by atoms with E-state index in [0.717, 1.165) is 38.4 Å². The Bertz CT molecular complexity index is 1010. The molecule has 2 aromatic heterocycles. The van der Waals surface area contributed by atoms with Crippen LogP contribution in [0.5, 0.6) is 0 Å². The van der Waals surface area contributed by atoms with Crippen molar-refractivity contribution in [3.8, 4) is 22.9 Å². The van der Waals surface area contributed by atoms with E-state index in [0.29, 0.717) is 0 Å². The molecule has 4 heteroatoms. The van der Waals surface area contributed by atoms with Crippen LogP contribution in [-0.2, 0) is 0 Å². The van der Waals surface area contributed by atoms with Gasteiger partial charge < -0.3 is 9.40 Å². The minimum Gasteiger partial charge on any atom is -0.453 e. The van der Waals surface area contributed by atoms with Crippen molar-refractivity contribution in [1.29, 1.82) is 0 Å². The molecule has 0 aliphatic heterocycles. The first-order valence-corrected chi connectivity index (χ1v) is 8.22. The Morgan fingerprint density at radius 1 is 0.957 bits per heavy atom. The number of furan rings is 1. The van der Waals surface area contributed by atoms with E-state index < -0.39 is 0 Å². The Labute approximate surface area is 142 Å². The van der Waals surface area contributed by atoms with Gasteiger partial charge in [0.2, 0.25) is 0 Å². The number of hydrogen-bond donors (Lipinski definition) is 1. The van der Waals surface area contributed by atoms with Gasteiger partial charge in [-0.25, -0.2) is 4.98 Å². The molecule has 0 radical (unpaired) electrons. The van der Waals surface area contributed by atoms with Crippen molar-refractivity contribution in [3.63, 3.8) is 0 Å². The summed E-state index contributed by atoms with van der Waals surface area (Å²) in [5.41, 5.74) is 5.44. The quantitative estimate of drug-likeness (QED) is 0.481. The van der Waals surface area contributed by atoms with E-state index in [1.54, 1.807) is 0 Å². The molecule has 0 atom stereocenters. The van der Waals surface area contributed by atoms with E-state index >= 15 is 0 Å². The summed E-state index contributed by atoms with van der Waals surface area (Å²) >= 11 is 3.49. The minimum absolute atomic E-state index is 0.746. The molecule has 1 N–H and O–H groups in total. The summed E-state index contributed by atoms with van der Waals surface area (Å²) < 4.78 is 7.09. The van der Waals surface area contributed by atoms with E-state index in [1.165, 1.54) is 11.1 Å². The van der Waals surface area contributed by atoms with Gasteiger partial charge in [-0.15, -0.1) is 0 Å². The van der Waals surface area contributed by atoms with Gasteiger partial charge in [0.05, 0.1) is 11.0 Å². The smallest absolute Gasteiger partial charge is 0.174 e. The van der Waals surface area contributed by atoms with Crippen LogP contribution in [0, 0.1) is 13.8 Å². The second-order valence-electron chi connectivity index (χ2n) is 5.73. The number of rotatable bonds is 2. The van der Waals surface area contributed by atoms with Crippen molar-refractivity contribution in [2.24, 2.45) is 0 Å². The monoisotopic (exact) mass is 366 g/mol. The molecular formula is C19H15BrN2O. The maximum Gasteiger partial charge on any atom is 0.174 e. The zero-order valence-corrected chi connectivity index (χ0v) is 14.4. The number of nitrogens with zero attached hydrogens (tertiary/aromatic N) is 1. The van der Waals surface area contributed by atoms with Gasteiger partial charge in [0, 0.05) is 10.0 Å². The Hall–Kier alpha value is -2.33. The third-order valence-corrected chi connectivity index (χ3v) is 4.42. The Morgan fingerprint density at radius 2 is 1.78 bits per heavy atom. The third kappa shape index (κ3) is 2.59. The molecular weight excluding hydrogens is 352 g/mol. The van der Waals surface area contributed by atoms with Gasteiger partial charge >= 0.3 is 0 Å². The lowest BCUT2D eigenvalue weighted by atomic mass is 10.1. The number of aromatic amines is 1. The van der Waals surface area contributed by atoms with E-state index in [4.69, 9.17) is 4.42 Å². The van der Waals surface area contributed by atoms with Crippen LogP contribution in [0.4, 0.5) is 0 Å². The van der Waals surface area contributed by atoms with Crippen LogP contribution in [0.3, 0.4) is 0 Å². The average Bonchev–Trinajstić information content (AvgIpc) is 3.12. The van der Waals surface area contributed by atoms with Crippen LogP contribution in [0.2, 0.25) is 0 Å². The molecule has 0 saturated heterocycles. The number of fused-ring (bicyclic) bond motifs is 1. The van der Waals surface area contributed by atoms with Crippen molar-refractivity contribution in [2.45, 2.75) is 13.8 Å². The fourth-order valence-electron chi connectivity index (χ4n) is 2.75. The van der Waals surface area contributed by atoms with Gasteiger partial charge in [-0.2, -0.15) is 0 Å². The van der Waals surface area contributed by atoms with Gasteiger partial charge in [0.1, 0.15) is 5.76 Å². The van der Waals surface area contributed by atoms with Gasteiger partial charge in [0.25, 0.3) is 0 Å². The SMILES string of the molecule is Cc1ccc2nc(-c3ccc(-c4ccc(Br)cc4C)o3)[nH]c2c1. The predicted octanol–water partition coefficient (Wildman–Crippen LogP) is 5.87. The molecule has 2 heterocycles. The van der Waals surface area contributed by atoms with Crippen LogP contribution in [0.1, 0.15) is 11.1 Å². The molecule has 3 nitrogen and oxygen atoms in total. The summed E-state index contributed by atoms with van der Waals surface area (Å²) in [6.07, 6.45) is 0. The molecule has 0 unspecified atom stereocenters. The number of aromatic nitrogens is 2. The number of imidazole rings is 1. The molecule has 2 aromatic carbocycles. The highest BCUT2D eigenvalue weighted by molar-refractivity contribution is 9.10. The standard InChI is InChI=1S/C19H15BrN2O/c1-11-3-6-15-16(9-11)22-19(21-15)18-8-7-17(23-18)14-5-4-13(20)10-12(14)2/h3-10H,1-2H3,(H,21,22). The van der Waals surface area contributed by atoms with Crippen molar-refractivity contribution in [3.05, 3.63) is 64.1 Å². The summed E-state index contributed by atoms with van der Waals surface area (Å²) in [6.45, 7) is 4.15. The fraction of sp³-hybridized carbons (Fsp3) is 0.105. The second-order valence-corrected chi connectivity index (χ2v) is 6.64. The molecule has 0 aliphatic rings. The van der Waals surface area contributed by atoms with Gasteiger partial charge in [-0.3, -0.25) is 0 Å². The van der Waals surface area contributed by atoms with Crippen LogP contribution in [0.25, 0.3) is 33.9 Å². The summed E-state index contributed by atoms with van der Waals surface area (Å²) in [5, 5.41) is 0. The number of aryl methyl sites for hydroxylation is 2. The van der Waals surface area contributed by atoms with Crippen molar-refractivity contribution in [2.75, 3.05) is 0 Å². The first-order chi connectivity index (χ1) is 11.1. The van der Waals surface area contributed by atoms with E-state index in [9.17, 15) is 0 Å². The number of nitrogens with one attached hydrogen (secondary N) is 1. The largest absolute Gasteiger partial charge is 0.453 e. The number of halogens is 1. The highest BCUT2D eigenvalue weighted by Crippen LogP contribution is 2.31. The molecule has 0 amide bonds. The van der Waals surface area contributed by atoms with Crippen molar-refractivity contribution >= 4 is 27.0 Å². The molecule has 0 bridgehead atoms. The molecule has 0 fully saturated rings. The highest BCUT2D eigenvalue weighted by atomic mass is 79.9. The topological polar surface area (TPSA) is 41.8 Å². The van der Waals surface area contributed by atoms with Gasteiger partial charge in [0.15, 0.2) is 11.6 Å². The maximum absolute atomic E-state index is 6.03. The highest BCUT2D eigenvalue weighted by Gasteiger charge is 2.12. The normalized spacial score (nSPS) is 11.3. The van der Waals surface area contributed by atoms with Gasteiger partial charge in [-0.05, 0) is 67.4 Å². The molecule has 0 saturated carbocycles. The summed E-state index contributed by atoms with van der Waals surface area (Å²) in [5.74, 6) is 2.35. The van der Waals surface area contributed by atoms with E-state index in [2.05, 4.69) is 64.0 Å². The lowest BCUT2D eigenvalue weighted by Gasteiger charge is -2.02. The molecule has 4 aromatic rings. The number of H-pyrrole nitrogens is 1.